The Morgan fingerprint density at radius 2 is 1.83 bits per heavy atom. The predicted molar refractivity (Wildman–Crippen MR) is 141 cm³/mol. The minimum absolute atomic E-state index is 0.0981. The van der Waals surface area contributed by atoms with Gasteiger partial charge in [0.25, 0.3) is 5.91 Å². The van der Waals surface area contributed by atoms with E-state index in [4.69, 9.17) is 23.7 Å². The van der Waals surface area contributed by atoms with Gasteiger partial charge in [0.2, 0.25) is 6.79 Å². The summed E-state index contributed by atoms with van der Waals surface area (Å²) in [5.74, 6) is 1.28. The molecule has 9 nitrogen and oxygen atoms in total. The van der Waals surface area contributed by atoms with E-state index in [-0.39, 0.29) is 24.7 Å². The van der Waals surface area contributed by atoms with Crippen molar-refractivity contribution in [1.29, 1.82) is 0 Å². The second-order valence-electron chi connectivity index (χ2n) is 7.14. The number of carbonyl (C=O) groups excluding carboxylic acids is 2. The lowest BCUT2D eigenvalue weighted by molar-refractivity contribution is -0.123. The number of hydrogen-bond donors (Lipinski definition) is 1. The molecule has 0 radical (unpaired) electrons. The van der Waals surface area contributed by atoms with Gasteiger partial charge in [-0.2, -0.15) is 5.10 Å². The molecule has 3 aromatic carbocycles. The average molecular weight is 685 g/mol. The van der Waals surface area contributed by atoms with Crippen molar-refractivity contribution in [3.8, 4) is 28.7 Å². The van der Waals surface area contributed by atoms with Crippen LogP contribution < -0.4 is 29.1 Å². The monoisotopic (exact) mass is 682 g/mol. The third-order valence-electron chi connectivity index (χ3n) is 4.73. The Kier molecular flexibility index (Phi) is 8.49. The van der Waals surface area contributed by atoms with Crippen LogP contribution in [0.25, 0.3) is 0 Å². The molecule has 0 saturated heterocycles. The van der Waals surface area contributed by atoms with Crippen molar-refractivity contribution in [2.24, 2.45) is 5.10 Å². The van der Waals surface area contributed by atoms with Crippen LogP contribution >= 0.6 is 47.8 Å². The summed E-state index contributed by atoms with van der Waals surface area (Å²) < 4.78 is 28.7. The van der Waals surface area contributed by atoms with Crippen LogP contribution in [0.2, 0.25) is 0 Å². The third kappa shape index (κ3) is 6.37. The average Bonchev–Trinajstić information content (AvgIpc) is 3.33. The van der Waals surface area contributed by atoms with Gasteiger partial charge in [-0.15, -0.1) is 0 Å². The molecule has 0 aromatic heterocycles. The van der Waals surface area contributed by atoms with E-state index in [1.807, 2.05) is 0 Å². The second-order valence-corrected chi connectivity index (χ2v) is 9.77. The summed E-state index contributed by atoms with van der Waals surface area (Å²) in [6, 6.07) is 13.3. The molecule has 0 aliphatic carbocycles. The van der Waals surface area contributed by atoms with Gasteiger partial charge in [-0.1, -0.05) is 15.9 Å². The summed E-state index contributed by atoms with van der Waals surface area (Å²) in [5, 5.41) is 3.97. The largest absolute Gasteiger partial charge is 0.497 e. The van der Waals surface area contributed by atoms with Crippen LogP contribution in [0.1, 0.15) is 15.9 Å². The van der Waals surface area contributed by atoms with Crippen LogP contribution in [0.3, 0.4) is 0 Å². The van der Waals surface area contributed by atoms with Crippen LogP contribution in [0.15, 0.2) is 67.1 Å². The standard InChI is InChI=1S/C24H17Br3N2O7/c1-32-16-3-5-19(17(26)9-16)33-11-22(30)29-28-10-14-6-15(25)8-18(27)23(14)36-24(31)13-2-4-20-21(7-13)35-12-34-20/h2-10H,11-12H2,1H3,(H,29,30). The Hall–Kier alpha value is -3.09. The van der Waals surface area contributed by atoms with E-state index in [9.17, 15) is 9.59 Å². The first-order valence-corrected chi connectivity index (χ1v) is 12.6. The fourth-order valence-electron chi connectivity index (χ4n) is 3.03. The fourth-order valence-corrected chi connectivity index (χ4v) is 4.85. The van der Waals surface area contributed by atoms with Crippen LogP contribution in [0.4, 0.5) is 0 Å². The minimum atomic E-state index is -0.603. The molecule has 1 aliphatic rings. The highest BCUT2D eigenvalue weighted by Crippen LogP contribution is 2.35. The molecule has 0 saturated carbocycles. The summed E-state index contributed by atoms with van der Waals surface area (Å²) in [7, 11) is 1.56. The number of benzene rings is 3. The summed E-state index contributed by atoms with van der Waals surface area (Å²) >= 11 is 10.2. The Balaban J connectivity index is 1.41. The predicted octanol–water partition coefficient (Wildman–Crippen LogP) is 5.46. The number of rotatable bonds is 8. The van der Waals surface area contributed by atoms with Gasteiger partial charge in [-0.25, -0.2) is 10.2 Å². The van der Waals surface area contributed by atoms with Crippen LogP contribution in [-0.4, -0.2) is 38.6 Å². The maximum Gasteiger partial charge on any atom is 0.343 e. The second kappa shape index (κ2) is 11.8. The number of methoxy groups -OCH3 is 1. The molecule has 3 aromatic rings. The van der Waals surface area contributed by atoms with E-state index in [1.165, 1.54) is 6.21 Å². The maximum absolute atomic E-state index is 12.8. The van der Waals surface area contributed by atoms with Crippen molar-refractivity contribution in [3.05, 3.63) is 73.1 Å². The maximum atomic E-state index is 12.8. The van der Waals surface area contributed by atoms with Gasteiger partial charge in [0.1, 0.15) is 11.5 Å². The molecule has 0 atom stereocenters. The zero-order chi connectivity index (χ0) is 25.7. The van der Waals surface area contributed by atoms with Gasteiger partial charge >= 0.3 is 5.97 Å². The van der Waals surface area contributed by atoms with Gasteiger partial charge in [0, 0.05) is 10.0 Å². The lowest BCUT2D eigenvalue weighted by atomic mass is 10.2. The first kappa shape index (κ1) is 26.0. The molecule has 0 unspecified atom stereocenters. The van der Waals surface area contributed by atoms with Gasteiger partial charge in [0.15, 0.2) is 23.9 Å². The number of halogens is 3. The van der Waals surface area contributed by atoms with Gasteiger partial charge in [-0.05, 0) is 80.4 Å². The van der Waals surface area contributed by atoms with Crippen molar-refractivity contribution in [1.82, 2.24) is 5.43 Å². The molecular formula is C24H17Br3N2O7. The number of nitrogens with one attached hydrogen (secondary N) is 1. The van der Waals surface area contributed by atoms with Gasteiger partial charge in [0.05, 0.1) is 27.8 Å². The van der Waals surface area contributed by atoms with Crippen molar-refractivity contribution >= 4 is 65.9 Å². The molecule has 4 rings (SSSR count). The van der Waals surface area contributed by atoms with Crippen molar-refractivity contribution < 1.29 is 33.3 Å². The summed E-state index contributed by atoms with van der Waals surface area (Å²) in [6.07, 6.45) is 1.36. The molecule has 0 spiro atoms. The fraction of sp³-hybridized carbons (Fsp3) is 0.125. The number of carbonyl (C=O) groups is 2. The number of fused-ring (bicyclic) bond motifs is 1. The first-order valence-electron chi connectivity index (χ1n) is 10.2. The number of hydrogen-bond acceptors (Lipinski definition) is 8. The normalized spacial score (nSPS) is 11.9. The molecule has 186 valence electrons. The number of nitrogens with zero attached hydrogens (tertiary/aromatic N) is 1. The Labute approximate surface area is 231 Å². The smallest absolute Gasteiger partial charge is 0.343 e. The Morgan fingerprint density at radius 1 is 1.03 bits per heavy atom. The summed E-state index contributed by atoms with van der Waals surface area (Å²) in [5.41, 5.74) is 3.11. The molecule has 0 bridgehead atoms. The zero-order valence-electron chi connectivity index (χ0n) is 18.5. The van der Waals surface area contributed by atoms with Crippen molar-refractivity contribution in [2.75, 3.05) is 20.5 Å². The number of esters is 1. The lowest BCUT2D eigenvalue weighted by Crippen LogP contribution is -2.24. The summed E-state index contributed by atoms with van der Waals surface area (Å²) in [4.78, 5) is 25.0. The molecule has 12 heteroatoms. The van der Waals surface area contributed by atoms with E-state index < -0.39 is 11.9 Å². The molecule has 1 aliphatic heterocycles. The zero-order valence-corrected chi connectivity index (χ0v) is 23.3. The van der Waals surface area contributed by atoms with E-state index in [2.05, 4.69) is 58.3 Å². The molecule has 1 amide bonds. The van der Waals surface area contributed by atoms with Gasteiger partial charge in [-0.3, -0.25) is 4.79 Å². The molecule has 1 heterocycles. The van der Waals surface area contributed by atoms with E-state index in [1.54, 1.807) is 55.6 Å². The van der Waals surface area contributed by atoms with Gasteiger partial charge < -0.3 is 23.7 Å². The molecular weight excluding hydrogens is 668 g/mol. The molecule has 1 N–H and O–H groups in total. The summed E-state index contributed by atoms with van der Waals surface area (Å²) in [6.45, 7) is -0.169. The van der Waals surface area contributed by atoms with Crippen LogP contribution in [-0.2, 0) is 4.79 Å². The molecule has 0 fully saturated rings. The van der Waals surface area contributed by atoms with E-state index in [0.29, 0.717) is 42.0 Å². The quantitative estimate of drug-likeness (QED) is 0.146. The third-order valence-corrected chi connectivity index (χ3v) is 6.40. The number of amides is 1. The SMILES string of the molecule is COc1ccc(OCC(=O)NN=Cc2cc(Br)cc(Br)c2OC(=O)c2ccc3c(c2)OCO3)c(Br)c1. The highest BCUT2D eigenvalue weighted by Gasteiger charge is 2.20. The molecule has 36 heavy (non-hydrogen) atoms. The lowest BCUT2D eigenvalue weighted by Gasteiger charge is -2.11. The number of ether oxygens (including phenoxy) is 5. The topological polar surface area (TPSA) is 105 Å². The highest BCUT2D eigenvalue weighted by molar-refractivity contribution is 9.11. The van der Waals surface area contributed by atoms with Crippen molar-refractivity contribution in [3.63, 3.8) is 0 Å². The first-order chi connectivity index (χ1) is 17.3. The van der Waals surface area contributed by atoms with Crippen LogP contribution in [0, 0.1) is 0 Å². The minimum Gasteiger partial charge on any atom is -0.497 e. The number of hydrazone groups is 1. The Bertz CT molecular complexity index is 1350. The van der Waals surface area contributed by atoms with E-state index >= 15 is 0 Å². The van der Waals surface area contributed by atoms with E-state index in [0.717, 1.165) is 0 Å². The van der Waals surface area contributed by atoms with Crippen molar-refractivity contribution in [2.45, 2.75) is 0 Å². The Morgan fingerprint density at radius 3 is 2.61 bits per heavy atom. The highest BCUT2D eigenvalue weighted by atomic mass is 79.9. The van der Waals surface area contributed by atoms with Crippen LogP contribution in [0.5, 0.6) is 28.7 Å².